The third-order valence-corrected chi connectivity index (χ3v) is 5.50. The number of nitrogens with zero attached hydrogens (tertiary/aromatic N) is 1. The van der Waals surface area contributed by atoms with Crippen LogP contribution in [0.2, 0.25) is 0 Å². The second-order valence-corrected chi connectivity index (χ2v) is 8.30. The minimum absolute atomic E-state index is 0.0988. The van der Waals surface area contributed by atoms with Gasteiger partial charge in [-0.05, 0) is 55.3 Å². The molecule has 0 fully saturated rings. The van der Waals surface area contributed by atoms with Gasteiger partial charge in [-0.1, -0.05) is 42.5 Å². The first-order valence-corrected chi connectivity index (χ1v) is 11.7. The van der Waals surface area contributed by atoms with Crippen LogP contribution in [0, 0.1) is 0 Å². The molecular formula is C28H27N3O5. The van der Waals surface area contributed by atoms with Gasteiger partial charge < -0.3 is 19.8 Å². The molecule has 0 aliphatic heterocycles. The summed E-state index contributed by atoms with van der Waals surface area (Å²) >= 11 is 0. The smallest absolute Gasteiger partial charge is 0.306 e. The summed E-state index contributed by atoms with van der Waals surface area (Å²) in [5.74, 6) is 0.263. The molecule has 2 N–H and O–H groups in total. The number of carbonyl (C=O) groups excluding carboxylic acids is 2. The summed E-state index contributed by atoms with van der Waals surface area (Å²) in [6.45, 7) is 1.97. The summed E-state index contributed by atoms with van der Waals surface area (Å²) in [4.78, 5) is 43.9. The minimum Gasteiger partial charge on any atom is -0.489 e. The van der Waals surface area contributed by atoms with Crippen molar-refractivity contribution in [1.29, 1.82) is 0 Å². The van der Waals surface area contributed by atoms with Gasteiger partial charge in [0, 0.05) is 18.5 Å². The predicted molar refractivity (Wildman–Crippen MR) is 137 cm³/mol. The van der Waals surface area contributed by atoms with Crippen LogP contribution >= 0.6 is 0 Å². The molecule has 3 aromatic carbocycles. The van der Waals surface area contributed by atoms with E-state index in [4.69, 9.17) is 9.47 Å². The Hall–Kier alpha value is -4.46. The highest BCUT2D eigenvalue weighted by molar-refractivity contribution is 5.95. The zero-order valence-electron chi connectivity index (χ0n) is 19.9. The monoisotopic (exact) mass is 485 g/mol. The van der Waals surface area contributed by atoms with Gasteiger partial charge in [-0.2, -0.15) is 0 Å². The average Bonchev–Trinajstić information content (AvgIpc) is 2.89. The third-order valence-electron chi connectivity index (χ3n) is 5.50. The number of nitrogens with one attached hydrogen (secondary N) is 2. The van der Waals surface area contributed by atoms with E-state index in [9.17, 15) is 14.4 Å². The van der Waals surface area contributed by atoms with Crippen molar-refractivity contribution in [3.8, 4) is 5.75 Å². The average molecular weight is 486 g/mol. The number of benzene rings is 3. The first-order valence-electron chi connectivity index (χ1n) is 11.7. The Morgan fingerprint density at radius 3 is 2.47 bits per heavy atom. The number of H-pyrrole nitrogens is 1. The van der Waals surface area contributed by atoms with Crippen LogP contribution < -0.4 is 15.6 Å². The van der Waals surface area contributed by atoms with Crippen molar-refractivity contribution in [2.45, 2.75) is 38.9 Å². The lowest BCUT2D eigenvalue weighted by atomic mass is 10.2. The van der Waals surface area contributed by atoms with E-state index in [-0.39, 0.29) is 12.0 Å². The second-order valence-electron chi connectivity index (χ2n) is 8.30. The van der Waals surface area contributed by atoms with E-state index in [1.807, 2.05) is 36.4 Å². The van der Waals surface area contributed by atoms with Crippen LogP contribution in [0.25, 0.3) is 10.9 Å². The highest BCUT2D eigenvalue weighted by Crippen LogP contribution is 2.18. The van der Waals surface area contributed by atoms with Crippen molar-refractivity contribution in [3.05, 3.63) is 101 Å². The van der Waals surface area contributed by atoms with Gasteiger partial charge in [0.1, 0.15) is 18.2 Å². The lowest BCUT2D eigenvalue weighted by Crippen LogP contribution is -2.29. The number of esters is 1. The zero-order valence-corrected chi connectivity index (χ0v) is 19.9. The molecule has 1 unspecified atom stereocenters. The first-order chi connectivity index (χ1) is 17.5. The largest absolute Gasteiger partial charge is 0.489 e. The number of rotatable bonds is 10. The molecule has 0 aliphatic carbocycles. The van der Waals surface area contributed by atoms with Gasteiger partial charge in [-0.25, -0.2) is 4.98 Å². The molecule has 0 saturated carbocycles. The van der Waals surface area contributed by atoms with E-state index >= 15 is 0 Å². The van der Waals surface area contributed by atoms with Crippen molar-refractivity contribution in [2.24, 2.45) is 0 Å². The van der Waals surface area contributed by atoms with Gasteiger partial charge in [-0.3, -0.25) is 14.4 Å². The van der Waals surface area contributed by atoms with Gasteiger partial charge in [0.25, 0.3) is 11.5 Å². The summed E-state index contributed by atoms with van der Waals surface area (Å²) in [7, 11) is 0. The molecule has 4 aromatic rings. The fourth-order valence-corrected chi connectivity index (χ4v) is 3.58. The molecular weight excluding hydrogens is 458 g/mol. The molecule has 1 atom stereocenters. The van der Waals surface area contributed by atoms with Gasteiger partial charge in [-0.15, -0.1) is 0 Å². The molecule has 1 amide bonds. The number of hydrogen-bond donors (Lipinski definition) is 2. The fraction of sp³-hybridized carbons (Fsp3) is 0.214. The van der Waals surface area contributed by atoms with Gasteiger partial charge in [0.05, 0.1) is 10.9 Å². The molecule has 0 radical (unpaired) electrons. The van der Waals surface area contributed by atoms with Gasteiger partial charge in [0.15, 0.2) is 6.10 Å². The number of carbonyl (C=O) groups is 2. The lowest BCUT2D eigenvalue weighted by Gasteiger charge is -2.14. The Bertz CT molecular complexity index is 1380. The van der Waals surface area contributed by atoms with Gasteiger partial charge in [0.2, 0.25) is 0 Å². The number of aromatic amines is 1. The number of amides is 1. The molecule has 36 heavy (non-hydrogen) atoms. The molecule has 0 bridgehead atoms. The molecule has 0 aliphatic rings. The maximum Gasteiger partial charge on any atom is 0.306 e. The Balaban J connectivity index is 1.20. The highest BCUT2D eigenvalue weighted by Gasteiger charge is 2.18. The minimum atomic E-state index is -0.954. The molecule has 0 spiro atoms. The standard InChI is InChI=1S/C28H27N3O5/c1-19(27(33)29-21-14-16-22(17-15-21)35-18-20-8-3-2-4-9-20)36-26(32)13-7-12-25-30-24-11-6-5-10-23(24)28(34)31-25/h2-6,8-11,14-17,19H,7,12-13,18H2,1H3,(H,29,33)(H,30,31,34). The quantitative estimate of drug-likeness (QED) is 0.322. The number of anilines is 1. The summed E-state index contributed by atoms with van der Waals surface area (Å²) in [6, 6.07) is 23.9. The number of fused-ring (bicyclic) bond motifs is 1. The summed E-state index contributed by atoms with van der Waals surface area (Å²) in [5.41, 5.74) is 2.03. The Kier molecular flexibility index (Phi) is 8.08. The molecule has 4 rings (SSSR count). The number of aryl methyl sites for hydroxylation is 1. The predicted octanol–water partition coefficient (Wildman–Crippen LogP) is 4.40. The van der Waals surface area contributed by atoms with Crippen LogP contribution in [0.5, 0.6) is 5.75 Å². The van der Waals surface area contributed by atoms with E-state index in [0.29, 0.717) is 47.6 Å². The van der Waals surface area contributed by atoms with E-state index < -0.39 is 18.0 Å². The second kappa shape index (κ2) is 11.8. The maximum absolute atomic E-state index is 12.4. The molecule has 1 aromatic heterocycles. The SMILES string of the molecule is CC(OC(=O)CCCc1nc2ccccc2c(=O)[nH]1)C(=O)Nc1ccc(OCc2ccccc2)cc1. The highest BCUT2D eigenvalue weighted by atomic mass is 16.5. The van der Waals surface area contributed by atoms with Crippen LogP contribution in [0.1, 0.15) is 31.2 Å². The van der Waals surface area contributed by atoms with Crippen LogP contribution in [0.3, 0.4) is 0 Å². The Morgan fingerprint density at radius 1 is 0.972 bits per heavy atom. The van der Waals surface area contributed by atoms with Crippen molar-refractivity contribution in [3.63, 3.8) is 0 Å². The van der Waals surface area contributed by atoms with Crippen molar-refractivity contribution >= 4 is 28.5 Å². The third kappa shape index (κ3) is 6.79. The number of ether oxygens (including phenoxy) is 2. The zero-order chi connectivity index (χ0) is 25.3. The lowest BCUT2D eigenvalue weighted by molar-refractivity contribution is -0.153. The topological polar surface area (TPSA) is 110 Å². The number of para-hydroxylation sites is 1. The number of aromatic nitrogens is 2. The van der Waals surface area contributed by atoms with E-state index in [1.54, 1.807) is 42.5 Å². The molecule has 184 valence electrons. The summed E-state index contributed by atoms with van der Waals surface area (Å²) in [5, 5.41) is 3.25. The summed E-state index contributed by atoms with van der Waals surface area (Å²) < 4.78 is 11.0. The fourth-order valence-electron chi connectivity index (χ4n) is 3.58. The Morgan fingerprint density at radius 2 is 1.69 bits per heavy atom. The van der Waals surface area contributed by atoms with Crippen molar-refractivity contribution in [1.82, 2.24) is 9.97 Å². The van der Waals surface area contributed by atoms with E-state index in [2.05, 4.69) is 15.3 Å². The van der Waals surface area contributed by atoms with E-state index in [0.717, 1.165) is 5.56 Å². The molecule has 8 heteroatoms. The summed E-state index contributed by atoms with van der Waals surface area (Å²) in [6.07, 6.45) is -0.0142. The van der Waals surface area contributed by atoms with Crippen molar-refractivity contribution < 1.29 is 19.1 Å². The van der Waals surface area contributed by atoms with E-state index in [1.165, 1.54) is 6.92 Å². The van der Waals surface area contributed by atoms with Crippen LogP contribution in [-0.2, 0) is 27.4 Å². The molecule has 0 saturated heterocycles. The van der Waals surface area contributed by atoms with Gasteiger partial charge >= 0.3 is 5.97 Å². The molecule has 8 nitrogen and oxygen atoms in total. The van der Waals surface area contributed by atoms with Crippen LogP contribution in [0.15, 0.2) is 83.7 Å². The van der Waals surface area contributed by atoms with Crippen LogP contribution in [-0.4, -0.2) is 27.9 Å². The molecule has 1 heterocycles. The normalized spacial score (nSPS) is 11.6. The maximum atomic E-state index is 12.4. The van der Waals surface area contributed by atoms with Crippen molar-refractivity contribution in [2.75, 3.05) is 5.32 Å². The Labute approximate surface area is 208 Å². The van der Waals surface area contributed by atoms with Crippen LogP contribution in [0.4, 0.5) is 5.69 Å². The number of hydrogen-bond acceptors (Lipinski definition) is 6. The first kappa shape index (κ1) is 24.7.